The molecule has 0 spiro atoms. The van der Waals surface area contributed by atoms with Gasteiger partial charge in [-0.25, -0.2) is 0 Å². The van der Waals surface area contributed by atoms with Gasteiger partial charge in [0, 0.05) is 12.1 Å². The highest BCUT2D eigenvalue weighted by molar-refractivity contribution is 5.78. The number of phenolic OH excluding ortho intramolecular Hbond substituents is 1. The van der Waals surface area contributed by atoms with E-state index < -0.39 is 11.5 Å². The second-order valence-electron chi connectivity index (χ2n) is 5.10. The molecule has 0 saturated carbocycles. The highest BCUT2D eigenvalue weighted by Crippen LogP contribution is 2.33. The number of carbonyl (C=O) groups is 1. The van der Waals surface area contributed by atoms with E-state index in [4.69, 9.17) is 4.74 Å². The number of benzene rings is 1. The first-order valence-electron chi connectivity index (χ1n) is 6.31. The van der Waals surface area contributed by atoms with E-state index in [1.54, 1.807) is 32.2 Å². The molecule has 1 aromatic rings. The van der Waals surface area contributed by atoms with E-state index in [-0.39, 0.29) is 5.75 Å². The second kappa shape index (κ2) is 5.09. The maximum atomic E-state index is 11.4. The molecule has 2 N–H and O–H groups in total. The van der Waals surface area contributed by atoms with Crippen molar-refractivity contribution in [2.75, 3.05) is 13.7 Å². The third-order valence-electron chi connectivity index (χ3n) is 3.90. The Morgan fingerprint density at radius 3 is 2.89 bits per heavy atom. The molecule has 1 aliphatic rings. The summed E-state index contributed by atoms with van der Waals surface area (Å²) in [5.41, 5.74) is -0.163. The Morgan fingerprint density at radius 1 is 1.53 bits per heavy atom. The maximum absolute atomic E-state index is 11.4. The zero-order valence-corrected chi connectivity index (χ0v) is 11.2. The lowest BCUT2D eigenvalue weighted by atomic mass is 9.98. The molecule has 1 fully saturated rings. The van der Waals surface area contributed by atoms with Gasteiger partial charge in [-0.3, -0.25) is 9.69 Å². The van der Waals surface area contributed by atoms with Crippen LogP contribution in [0.1, 0.15) is 25.3 Å². The van der Waals surface area contributed by atoms with E-state index in [1.807, 2.05) is 4.90 Å². The minimum Gasteiger partial charge on any atom is -0.508 e. The molecule has 1 heterocycles. The van der Waals surface area contributed by atoms with Crippen LogP contribution in [0.3, 0.4) is 0 Å². The van der Waals surface area contributed by atoms with Crippen LogP contribution in [-0.2, 0) is 11.3 Å². The first-order chi connectivity index (χ1) is 8.97. The molecule has 2 rings (SSSR count). The van der Waals surface area contributed by atoms with E-state index in [2.05, 4.69) is 0 Å². The summed E-state index contributed by atoms with van der Waals surface area (Å²) in [7, 11) is 1.56. The first kappa shape index (κ1) is 13.7. The number of aromatic hydroxyl groups is 1. The van der Waals surface area contributed by atoms with Crippen molar-refractivity contribution in [3.8, 4) is 11.5 Å². The lowest BCUT2D eigenvalue weighted by Crippen LogP contribution is -2.47. The standard InChI is InChI=1S/C14H19NO4/c1-14(13(17)18)6-3-7-15(14)9-10-8-11(19-2)4-5-12(10)16/h4-5,8,16H,3,6-7,9H2,1-2H3,(H,17,18). The zero-order chi connectivity index (χ0) is 14.0. The molecule has 1 aromatic carbocycles. The number of aliphatic carboxylic acids is 1. The largest absolute Gasteiger partial charge is 0.508 e. The number of hydrogen-bond acceptors (Lipinski definition) is 4. The van der Waals surface area contributed by atoms with E-state index in [0.717, 1.165) is 13.0 Å². The van der Waals surface area contributed by atoms with Gasteiger partial charge in [0.1, 0.15) is 17.0 Å². The number of hydrogen-bond donors (Lipinski definition) is 2. The van der Waals surface area contributed by atoms with Gasteiger partial charge in [0.15, 0.2) is 0 Å². The van der Waals surface area contributed by atoms with Gasteiger partial charge in [0.05, 0.1) is 7.11 Å². The Hall–Kier alpha value is -1.75. The van der Waals surface area contributed by atoms with Crippen LogP contribution in [0.25, 0.3) is 0 Å². The predicted molar refractivity (Wildman–Crippen MR) is 70.3 cm³/mol. The first-order valence-corrected chi connectivity index (χ1v) is 6.31. The number of ether oxygens (including phenoxy) is 1. The second-order valence-corrected chi connectivity index (χ2v) is 5.10. The molecule has 1 atom stereocenters. The van der Waals surface area contributed by atoms with Crippen LogP contribution >= 0.6 is 0 Å². The molecular formula is C14H19NO4. The van der Waals surface area contributed by atoms with Crippen molar-refractivity contribution in [2.24, 2.45) is 0 Å². The number of likely N-dealkylation sites (tertiary alicyclic amines) is 1. The SMILES string of the molecule is COc1ccc(O)c(CN2CCCC2(C)C(=O)O)c1. The summed E-state index contributed by atoms with van der Waals surface area (Å²) < 4.78 is 5.13. The molecule has 104 valence electrons. The van der Waals surface area contributed by atoms with Gasteiger partial charge in [0.2, 0.25) is 0 Å². The van der Waals surface area contributed by atoms with Crippen LogP contribution in [0.4, 0.5) is 0 Å². The van der Waals surface area contributed by atoms with Crippen LogP contribution < -0.4 is 4.74 Å². The lowest BCUT2D eigenvalue weighted by molar-refractivity contribution is -0.148. The summed E-state index contributed by atoms with van der Waals surface area (Å²) in [6.45, 7) is 2.87. The zero-order valence-electron chi connectivity index (χ0n) is 11.2. The minimum absolute atomic E-state index is 0.167. The highest BCUT2D eigenvalue weighted by Gasteiger charge is 2.43. The quantitative estimate of drug-likeness (QED) is 0.869. The van der Waals surface area contributed by atoms with Crippen molar-refractivity contribution >= 4 is 5.97 Å². The molecule has 0 aliphatic carbocycles. The summed E-state index contributed by atoms with van der Waals surface area (Å²) >= 11 is 0. The van der Waals surface area contributed by atoms with E-state index in [9.17, 15) is 15.0 Å². The molecule has 0 bridgehead atoms. The number of phenols is 1. The number of carboxylic acids is 1. The van der Waals surface area contributed by atoms with Gasteiger partial charge in [-0.1, -0.05) is 0 Å². The van der Waals surface area contributed by atoms with Crippen LogP contribution in [0, 0.1) is 0 Å². The van der Waals surface area contributed by atoms with Crippen LogP contribution in [0.15, 0.2) is 18.2 Å². The van der Waals surface area contributed by atoms with Gasteiger partial charge >= 0.3 is 5.97 Å². The van der Waals surface area contributed by atoms with Gasteiger partial charge in [0.25, 0.3) is 0 Å². The summed E-state index contributed by atoms with van der Waals surface area (Å²) in [6, 6.07) is 5.00. The Balaban J connectivity index is 2.23. The lowest BCUT2D eigenvalue weighted by Gasteiger charge is -2.31. The average molecular weight is 265 g/mol. The Kier molecular flexibility index (Phi) is 3.66. The van der Waals surface area contributed by atoms with Crippen LogP contribution in [-0.4, -0.2) is 40.3 Å². The summed E-state index contributed by atoms with van der Waals surface area (Å²) in [5.74, 6) is 0.0110. The Morgan fingerprint density at radius 2 is 2.26 bits per heavy atom. The van der Waals surface area contributed by atoms with Crippen LogP contribution in [0.2, 0.25) is 0 Å². The summed E-state index contributed by atoms with van der Waals surface area (Å²) in [4.78, 5) is 13.3. The Labute approximate surface area is 112 Å². The molecular weight excluding hydrogens is 246 g/mol. The monoisotopic (exact) mass is 265 g/mol. The molecule has 1 aliphatic heterocycles. The molecule has 5 nitrogen and oxygen atoms in total. The van der Waals surface area contributed by atoms with E-state index in [0.29, 0.717) is 24.3 Å². The van der Waals surface area contributed by atoms with Crippen molar-refractivity contribution in [1.82, 2.24) is 4.90 Å². The normalized spacial score (nSPS) is 23.5. The average Bonchev–Trinajstić information content (AvgIpc) is 2.75. The number of nitrogens with zero attached hydrogens (tertiary/aromatic N) is 1. The van der Waals surface area contributed by atoms with Gasteiger partial charge in [-0.05, 0) is 44.5 Å². The fourth-order valence-electron chi connectivity index (χ4n) is 2.54. The van der Waals surface area contributed by atoms with Crippen molar-refractivity contribution in [1.29, 1.82) is 0 Å². The van der Waals surface area contributed by atoms with Crippen molar-refractivity contribution in [3.05, 3.63) is 23.8 Å². The van der Waals surface area contributed by atoms with E-state index in [1.165, 1.54) is 0 Å². The maximum Gasteiger partial charge on any atom is 0.323 e. The smallest absolute Gasteiger partial charge is 0.323 e. The third-order valence-corrected chi connectivity index (χ3v) is 3.90. The fraction of sp³-hybridized carbons (Fsp3) is 0.500. The minimum atomic E-state index is -0.852. The molecule has 5 heteroatoms. The molecule has 1 unspecified atom stereocenters. The Bertz CT molecular complexity index is 488. The third kappa shape index (κ3) is 2.51. The number of rotatable bonds is 4. The number of methoxy groups -OCH3 is 1. The van der Waals surface area contributed by atoms with Gasteiger partial charge < -0.3 is 14.9 Å². The molecule has 1 saturated heterocycles. The molecule has 0 amide bonds. The van der Waals surface area contributed by atoms with Crippen molar-refractivity contribution < 1.29 is 19.7 Å². The summed E-state index contributed by atoms with van der Waals surface area (Å²) in [5, 5.41) is 19.2. The predicted octanol–water partition coefficient (Wildman–Crippen LogP) is 1.84. The van der Waals surface area contributed by atoms with Gasteiger partial charge in [-0.15, -0.1) is 0 Å². The van der Waals surface area contributed by atoms with Crippen molar-refractivity contribution in [2.45, 2.75) is 31.8 Å². The number of carboxylic acid groups (broad SMARTS) is 1. The molecule has 0 aromatic heterocycles. The van der Waals surface area contributed by atoms with E-state index >= 15 is 0 Å². The fourth-order valence-corrected chi connectivity index (χ4v) is 2.54. The summed E-state index contributed by atoms with van der Waals surface area (Å²) in [6.07, 6.45) is 1.49. The topological polar surface area (TPSA) is 70.0 Å². The highest BCUT2D eigenvalue weighted by atomic mass is 16.5. The van der Waals surface area contributed by atoms with Gasteiger partial charge in [-0.2, -0.15) is 0 Å². The van der Waals surface area contributed by atoms with Crippen LogP contribution in [0.5, 0.6) is 11.5 Å². The molecule has 19 heavy (non-hydrogen) atoms. The molecule has 0 radical (unpaired) electrons. The van der Waals surface area contributed by atoms with Crippen molar-refractivity contribution in [3.63, 3.8) is 0 Å².